The topological polar surface area (TPSA) is 51.8 Å². The number of aryl methyl sites for hydroxylation is 1. The summed E-state index contributed by atoms with van der Waals surface area (Å²) in [6, 6.07) is 14.6. The Morgan fingerprint density at radius 1 is 0.824 bits per heavy atom. The zero-order chi connectivity index (χ0) is 23.1. The van der Waals surface area contributed by atoms with Crippen molar-refractivity contribution in [1.82, 2.24) is 15.0 Å². The zero-order valence-electron chi connectivity index (χ0n) is 19.3. The Balaban J connectivity index is 1.51. The predicted octanol–water partition coefficient (Wildman–Crippen LogP) is 7.28. The molecule has 2 aliphatic rings. The van der Waals surface area contributed by atoms with Crippen LogP contribution < -0.4 is 0 Å². The Morgan fingerprint density at radius 3 is 2.50 bits per heavy atom. The second-order valence-corrected chi connectivity index (χ2v) is 9.05. The number of rotatable bonds is 3. The number of nitrogens with zero attached hydrogens (tertiary/aromatic N) is 3. The van der Waals surface area contributed by atoms with Gasteiger partial charge in [0.05, 0.1) is 0 Å². The number of furan rings is 1. The average Bonchev–Trinajstić information content (AvgIpc) is 3.12. The molecular weight excluding hydrogens is 418 g/mol. The lowest BCUT2D eigenvalue weighted by atomic mass is 9.80. The SMILES string of the molecule is Cc1nc(C2=CCCC=C2)nc(C2=CC(C)(c3cccc4c3oc3ccccc34)C=CC=C2)n1. The minimum Gasteiger partial charge on any atom is -0.456 e. The van der Waals surface area contributed by atoms with E-state index in [0.717, 1.165) is 57.3 Å². The first-order valence-electron chi connectivity index (χ1n) is 11.7. The van der Waals surface area contributed by atoms with Gasteiger partial charge in [-0.25, -0.2) is 15.0 Å². The largest absolute Gasteiger partial charge is 0.456 e. The third kappa shape index (κ3) is 3.52. The molecule has 4 heteroatoms. The standard InChI is InChI=1S/C30H25N3O/c1-20-31-28(21-11-4-3-5-12-21)33-29(32-20)22-13-8-9-18-30(2,19-22)25-16-10-15-24-23-14-6-7-17-26(23)34-27(24)25/h4,6-19H,3,5H2,1-2H3. The summed E-state index contributed by atoms with van der Waals surface area (Å²) in [4.78, 5) is 14.2. The fourth-order valence-corrected chi connectivity index (χ4v) is 4.83. The highest BCUT2D eigenvalue weighted by Gasteiger charge is 2.28. The smallest absolute Gasteiger partial charge is 0.163 e. The third-order valence-corrected chi connectivity index (χ3v) is 6.53. The number of para-hydroxylation sites is 2. The van der Waals surface area contributed by atoms with Gasteiger partial charge in [0, 0.05) is 32.9 Å². The highest BCUT2D eigenvalue weighted by atomic mass is 16.3. The summed E-state index contributed by atoms with van der Waals surface area (Å²) in [7, 11) is 0. The van der Waals surface area contributed by atoms with Crippen LogP contribution in [0.5, 0.6) is 0 Å². The summed E-state index contributed by atoms with van der Waals surface area (Å²) in [5.74, 6) is 2.13. The number of benzene rings is 2. The van der Waals surface area contributed by atoms with Gasteiger partial charge in [0.25, 0.3) is 0 Å². The van der Waals surface area contributed by atoms with Crippen LogP contribution in [0.1, 0.15) is 42.8 Å². The van der Waals surface area contributed by atoms with Gasteiger partial charge in [-0.15, -0.1) is 0 Å². The van der Waals surface area contributed by atoms with E-state index in [-0.39, 0.29) is 0 Å². The first-order chi connectivity index (χ1) is 16.6. The Hall–Kier alpha value is -4.05. The highest BCUT2D eigenvalue weighted by molar-refractivity contribution is 6.06. The maximum Gasteiger partial charge on any atom is 0.163 e. The van der Waals surface area contributed by atoms with E-state index in [4.69, 9.17) is 14.4 Å². The van der Waals surface area contributed by atoms with Gasteiger partial charge in [0.15, 0.2) is 11.6 Å². The Kier molecular flexibility index (Phi) is 4.88. The fourth-order valence-electron chi connectivity index (χ4n) is 4.83. The van der Waals surface area contributed by atoms with Crippen LogP contribution in [-0.4, -0.2) is 15.0 Å². The first kappa shape index (κ1) is 20.5. The van der Waals surface area contributed by atoms with Crippen LogP contribution >= 0.6 is 0 Å². The highest BCUT2D eigenvalue weighted by Crippen LogP contribution is 2.40. The Labute approximate surface area is 198 Å². The van der Waals surface area contributed by atoms with Crippen LogP contribution in [0.25, 0.3) is 33.1 Å². The number of aromatic nitrogens is 3. The normalized spacial score (nSPS) is 19.9. The third-order valence-electron chi connectivity index (χ3n) is 6.53. The van der Waals surface area contributed by atoms with Crippen LogP contribution in [0.3, 0.4) is 0 Å². The number of fused-ring (bicyclic) bond motifs is 3. The van der Waals surface area contributed by atoms with E-state index in [0.29, 0.717) is 11.6 Å². The van der Waals surface area contributed by atoms with Crippen LogP contribution in [0.15, 0.2) is 95.5 Å². The van der Waals surface area contributed by atoms with Gasteiger partial charge in [-0.05, 0) is 32.8 Å². The van der Waals surface area contributed by atoms with Crippen molar-refractivity contribution in [2.24, 2.45) is 0 Å². The van der Waals surface area contributed by atoms with Crippen LogP contribution in [-0.2, 0) is 5.41 Å². The maximum atomic E-state index is 6.36. The molecule has 1 atom stereocenters. The van der Waals surface area contributed by atoms with Gasteiger partial charge >= 0.3 is 0 Å². The van der Waals surface area contributed by atoms with Crippen molar-refractivity contribution in [2.45, 2.75) is 32.1 Å². The van der Waals surface area contributed by atoms with Crippen molar-refractivity contribution >= 4 is 33.1 Å². The van der Waals surface area contributed by atoms with Gasteiger partial charge in [-0.3, -0.25) is 0 Å². The molecule has 0 fully saturated rings. The van der Waals surface area contributed by atoms with E-state index in [1.807, 2.05) is 19.1 Å². The Morgan fingerprint density at radius 2 is 1.65 bits per heavy atom. The van der Waals surface area contributed by atoms with Crippen LogP contribution in [0, 0.1) is 6.92 Å². The summed E-state index contributed by atoms with van der Waals surface area (Å²) >= 11 is 0. The minimum absolute atomic E-state index is 0.406. The van der Waals surface area contributed by atoms with Crippen LogP contribution in [0.2, 0.25) is 0 Å². The maximum absolute atomic E-state index is 6.36. The molecule has 4 nitrogen and oxygen atoms in total. The van der Waals surface area contributed by atoms with Crippen molar-refractivity contribution in [1.29, 1.82) is 0 Å². The number of hydrogen-bond acceptors (Lipinski definition) is 4. The lowest BCUT2D eigenvalue weighted by Crippen LogP contribution is -2.17. The molecule has 0 spiro atoms. The van der Waals surface area contributed by atoms with Crippen molar-refractivity contribution < 1.29 is 4.42 Å². The summed E-state index contributed by atoms with van der Waals surface area (Å²) in [5.41, 5.74) is 4.55. The number of hydrogen-bond donors (Lipinski definition) is 0. The van der Waals surface area contributed by atoms with Crippen molar-refractivity contribution in [3.63, 3.8) is 0 Å². The molecule has 2 aromatic carbocycles. The van der Waals surface area contributed by atoms with Gasteiger partial charge in [-0.1, -0.05) is 85.0 Å². The summed E-state index contributed by atoms with van der Waals surface area (Å²) in [5, 5.41) is 2.26. The van der Waals surface area contributed by atoms with E-state index in [2.05, 4.69) is 90.8 Å². The molecule has 0 radical (unpaired) electrons. The molecule has 0 aliphatic heterocycles. The van der Waals surface area contributed by atoms with Gasteiger partial charge in [-0.2, -0.15) is 0 Å². The zero-order valence-corrected chi connectivity index (χ0v) is 19.3. The molecule has 1 unspecified atom stereocenters. The molecule has 0 saturated carbocycles. The summed E-state index contributed by atoms with van der Waals surface area (Å²) < 4.78 is 6.36. The predicted molar refractivity (Wildman–Crippen MR) is 138 cm³/mol. The fraction of sp³-hybridized carbons (Fsp3) is 0.167. The molecule has 2 aromatic heterocycles. The van der Waals surface area contributed by atoms with Crippen molar-refractivity contribution in [3.8, 4) is 0 Å². The quantitative estimate of drug-likeness (QED) is 0.334. The van der Waals surface area contributed by atoms with Gasteiger partial charge < -0.3 is 4.42 Å². The molecule has 4 aromatic rings. The molecule has 0 saturated heterocycles. The van der Waals surface area contributed by atoms with E-state index in [1.165, 1.54) is 0 Å². The molecule has 34 heavy (non-hydrogen) atoms. The van der Waals surface area contributed by atoms with E-state index >= 15 is 0 Å². The molecule has 0 N–H and O–H groups in total. The second-order valence-electron chi connectivity index (χ2n) is 9.05. The summed E-state index contributed by atoms with van der Waals surface area (Å²) in [6.45, 7) is 4.13. The molecule has 2 aliphatic carbocycles. The lowest BCUT2D eigenvalue weighted by Gasteiger charge is -2.23. The van der Waals surface area contributed by atoms with Gasteiger partial charge in [0.2, 0.25) is 0 Å². The van der Waals surface area contributed by atoms with Crippen molar-refractivity contribution in [3.05, 3.63) is 114 Å². The molecular formula is C30H25N3O. The van der Waals surface area contributed by atoms with Crippen molar-refractivity contribution in [2.75, 3.05) is 0 Å². The summed E-state index contributed by atoms with van der Waals surface area (Å²) in [6.07, 6.45) is 19.2. The van der Waals surface area contributed by atoms with E-state index < -0.39 is 5.41 Å². The molecule has 0 bridgehead atoms. The molecule has 0 amide bonds. The monoisotopic (exact) mass is 443 g/mol. The minimum atomic E-state index is -0.406. The molecule has 166 valence electrons. The molecule has 6 rings (SSSR count). The average molecular weight is 444 g/mol. The second kappa shape index (κ2) is 8.07. The van der Waals surface area contributed by atoms with Gasteiger partial charge in [0.1, 0.15) is 17.0 Å². The van der Waals surface area contributed by atoms with E-state index in [1.54, 1.807) is 0 Å². The van der Waals surface area contributed by atoms with E-state index in [9.17, 15) is 0 Å². The first-order valence-corrected chi connectivity index (χ1v) is 11.7. The number of allylic oxidation sites excluding steroid dienone is 10. The Bertz CT molecular complexity index is 1580. The molecule has 2 heterocycles. The lowest BCUT2D eigenvalue weighted by molar-refractivity contribution is 0.646. The van der Waals surface area contributed by atoms with Crippen LogP contribution in [0.4, 0.5) is 0 Å².